The molecule has 0 aliphatic carbocycles. The molecule has 0 fully saturated rings. The van der Waals surface area contributed by atoms with Crippen LogP contribution in [0.5, 0.6) is 0 Å². The monoisotopic (exact) mass is 452 g/mol. The molecule has 1 atom stereocenters. The predicted molar refractivity (Wildman–Crippen MR) is 123 cm³/mol. The van der Waals surface area contributed by atoms with Crippen LogP contribution >= 0.6 is 19.4 Å². The van der Waals surface area contributed by atoms with E-state index < -0.39 is 13.3 Å². The molecule has 0 aliphatic rings. The summed E-state index contributed by atoms with van der Waals surface area (Å²) in [5, 5.41) is 8.39. The van der Waals surface area contributed by atoms with Gasteiger partial charge in [-0.1, -0.05) is 41.6 Å². The average molecular weight is 452 g/mol. The molecule has 0 bridgehead atoms. The Morgan fingerprint density at radius 2 is 1.74 bits per heavy atom. The third kappa shape index (κ3) is 4.73. The summed E-state index contributed by atoms with van der Waals surface area (Å²) in [4.78, 5) is 21.2. The summed E-state index contributed by atoms with van der Waals surface area (Å²) in [6, 6.07) is 21.6. The maximum Gasteiger partial charge on any atom is 0.337 e. The first-order valence-corrected chi connectivity index (χ1v) is 12.3. The molecule has 1 heterocycles. The van der Waals surface area contributed by atoms with Gasteiger partial charge in [-0.05, 0) is 53.8 Å². The molecule has 0 aliphatic heterocycles. The molecule has 0 radical (unpaired) electrons. The first-order valence-electron chi connectivity index (χ1n) is 9.43. The maximum absolute atomic E-state index is 12.4. The Hall–Kier alpha value is -2.90. The van der Waals surface area contributed by atoms with Crippen LogP contribution in [0.15, 0.2) is 83.9 Å². The zero-order valence-corrected chi connectivity index (χ0v) is 18.4. The number of aromatic nitrogens is 3. The minimum atomic E-state index is -4.47. The van der Waals surface area contributed by atoms with Gasteiger partial charge in [0.2, 0.25) is 0 Å². The molecule has 0 amide bonds. The van der Waals surface area contributed by atoms with Crippen molar-refractivity contribution in [1.29, 1.82) is 0 Å². The molecule has 9 heteroatoms. The molecular weight excluding hydrogens is 431 g/mol. The van der Waals surface area contributed by atoms with Crippen molar-refractivity contribution >= 4 is 25.0 Å². The van der Waals surface area contributed by atoms with Gasteiger partial charge in [0.25, 0.3) is 0 Å². The Bertz CT molecular complexity index is 1250. The van der Waals surface area contributed by atoms with Crippen LogP contribution in [0, 0.1) is 0 Å². The van der Waals surface area contributed by atoms with Gasteiger partial charge in [-0.2, -0.15) is 0 Å². The van der Waals surface area contributed by atoms with Gasteiger partial charge in [0, 0.05) is 16.1 Å². The fraction of sp³-hybridized carbons (Fsp3) is 0.0909. The lowest BCUT2D eigenvalue weighted by Crippen LogP contribution is -2.04. The Morgan fingerprint density at radius 3 is 2.42 bits per heavy atom. The van der Waals surface area contributed by atoms with E-state index >= 15 is 0 Å². The zero-order valence-electron chi connectivity index (χ0n) is 16.7. The van der Waals surface area contributed by atoms with Crippen LogP contribution < -0.4 is 5.73 Å². The van der Waals surface area contributed by atoms with Gasteiger partial charge in [-0.15, -0.1) is 16.9 Å². The van der Waals surface area contributed by atoms with Gasteiger partial charge in [0.05, 0.1) is 11.9 Å². The Balaban J connectivity index is 1.72. The number of thioether (sulfide) groups is 1. The van der Waals surface area contributed by atoms with Crippen molar-refractivity contribution in [1.82, 2.24) is 15.0 Å². The molecule has 0 saturated heterocycles. The van der Waals surface area contributed by atoms with Gasteiger partial charge < -0.3 is 15.5 Å². The Kier molecular flexibility index (Phi) is 5.98. The number of hydrogen-bond donors (Lipinski definition) is 3. The van der Waals surface area contributed by atoms with Crippen LogP contribution in [0.25, 0.3) is 16.9 Å². The van der Waals surface area contributed by atoms with Crippen molar-refractivity contribution in [3.05, 3.63) is 90.1 Å². The number of nitrogen functional groups attached to an aromatic ring is 1. The zero-order chi connectivity index (χ0) is 22.0. The highest BCUT2D eigenvalue weighted by Gasteiger charge is 2.32. The van der Waals surface area contributed by atoms with Crippen molar-refractivity contribution in [2.24, 2.45) is 0 Å². The largest absolute Gasteiger partial charge is 0.399 e. The molecule has 158 valence electrons. The Labute approximate surface area is 184 Å². The summed E-state index contributed by atoms with van der Waals surface area (Å²) >= 11 is 1.57. The van der Waals surface area contributed by atoms with Crippen LogP contribution in [0.2, 0.25) is 0 Å². The van der Waals surface area contributed by atoms with Crippen LogP contribution in [-0.4, -0.2) is 31.0 Å². The number of hydrogen-bond acceptors (Lipinski definition) is 5. The molecule has 4 rings (SSSR count). The first-order chi connectivity index (χ1) is 14.8. The number of rotatable bonds is 6. The summed E-state index contributed by atoms with van der Waals surface area (Å²) in [6.07, 6.45) is 3.71. The van der Waals surface area contributed by atoms with E-state index in [0.29, 0.717) is 28.2 Å². The minimum absolute atomic E-state index is 0.503. The van der Waals surface area contributed by atoms with Crippen LogP contribution in [-0.2, 0) is 4.57 Å². The van der Waals surface area contributed by atoms with Gasteiger partial charge >= 0.3 is 7.60 Å². The molecule has 0 spiro atoms. The summed E-state index contributed by atoms with van der Waals surface area (Å²) in [7, 11) is -4.47. The topological polar surface area (TPSA) is 114 Å². The van der Waals surface area contributed by atoms with E-state index in [1.54, 1.807) is 59.0 Å². The highest BCUT2D eigenvalue weighted by molar-refractivity contribution is 7.98. The molecule has 31 heavy (non-hydrogen) atoms. The van der Waals surface area contributed by atoms with Gasteiger partial charge in [-0.3, -0.25) is 4.57 Å². The van der Waals surface area contributed by atoms with E-state index in [-0.39, 0.29) is 0 Å². The quantitative estimate of drug-likeness (QED) is 0.224. The standard InChI is InChI=1S/C22H21N4O3PS/c1-31-20-10-8-15(9-11-20)22(30(27,28)29)17-5-3-7-19(13-17)26-14-21(24-25-26)16-4-2-6-18(23)12-16/h2-14,22H,23H2,1H3,(H2,27,28,29). The van der Waals surface area contributed by atoms with Crippen molar-refractivity contribution in [2.45, 2.75) is 10.6 Å². The number of anilines is 1. The molecule has 4 N–H and O–H groups in total. The average Bonchev–Trinajstić information content (AvgIpc) is 3.24. The molecule has 3 aromatic carbocycles. The van der Waals surface area contributed by atoms with Gasteiger partial charge in [-0.25, -0.2) is 4.68 Å². The summed E-state index contributed by atoms with van der Waals surface area (Å²) in [6.45, 7) is 0. The summed E-state index contributed by atoms with van der Waals surface area (Å²) in [5.74, 6) is 0. The molecule has 4 aromatic rings. The van der Waals surface area contributed by atoms with Crippen LogP contribution in [0.4, 0.5) is 5.69 Å². The predicted octanol–water partition coefficient (Wildman–Crippen LogP) is 4.51. The van der Waals surface area contributed by atoms with E-state index in [4.69, 9.17) is 5.73 Å². The van der Waals surface area contributed by atoms with E-state index in [2.05, 4.69) is 10.3 Å². The van der Waals surface area contributed by atoms with Crippen molar-refractivity contribution < 1.29 is 14.4 Å². The third-order valence-electron chi connectivity index (χ3n) is 4.89. The summed E-state index contributed by atoms with van der Waals surface area (Å²) in [5.41, 5.74) is 8.61. The molecule has 7 nitrogen and oxygen atoms in total. The number of nitrogens with two attached hydrogens (primary N) is 1. The van der Waals surface area contributed by atoms with E-state index in [1.165, 1.54) is 0 Å². The molecule has 0 saturated carbocycles. The molecule has 1 aromatic heterocycles. The SMILES string of the molecule is CSc1ccc(C(c2cccc(-n3cc(-c4cccc(N)c4)nn3)c2)P(=O)(O)O)cc1. The van der Waals surface area contributed by atoms with Crippen LogP contribution in [0.3, 0.4) is 0 Å². The third-order valence-corrected chi connectivity index (χ3v) is 6.91. The van der Waals surface area contributed by atoms with Crippen molar-refractivity contribution in [3.63, 3.8) is 0 Å². The Morgan fingerprint density at radius 1 is 1.00 bits per heavy atom. The highest BCUT2D eigenvalue weighted by Crippen LogP contribution is 2.55. The molecular formula is C22H21N4O3PS. The van der Waals surface area contributed by atoms with E-state index in [9.17, 15) is 14.4 Å². The fourth-order valence-corrected chi connectivity index (χ4v) is 4.94. The van der Waals surface area contributed by atoms with Crippen molar-refractivity contribution in [3.8, 4) is 16.9 Å². The normalized spacial score (nSPS) is 12.6. The summed E-state index contributed by atoms with van der Waals surface area (Å²) < 4.78 is 14.0. The van der Waals surface area contributed by atoms with Crippen LogP contribution in [0.1, 0.15) is 16.8 Å². The minimum Gasteiger partial charge on any atom is -0.399 e. The first kappa shape index (κ1) is 21.3. The highest BCUT2D eigenvalue weighted by atomic mass is 32.2. The number of benzene rings is 3. The van der Waals surface area contributed by atoms with Gasteiger partial charge in [0.1, 0.15) is 11.4 Å². The maximum atomic E-state index is 12.4. The smallest absolute Gasteiger partial charge is 0.337 e. The lowest BCUT2D eigenvalue weighted by Gasteiger charge is -2.20. The second-order valence-electron chi connectivity index (χ2n) is 7.03. The fourth-order valence-electron chi connectivity index (χ4n) is 3.42. The van der Waals surface area contributed by atoms with Crippen molar-refractivity contribution in [2.75, 3.05) is 12.0 Å². The second-order valence-corrected chi connectivity index (χ2v) is 9.61. The van der Waals surface area contributed by atoms with Gasteiger partial charge in [0.15, 0.2) is 0 Å². The molecule has 1 unspecified atom stereocenters. The second kappa shape index (κ2) is 8.69. The lowest BCUT2D eigenvalue weighted by atomic mass is 10.0. The lowest BCUT2D eigenvalue weighted by molar-refractivity contribution is 0.364. The number of nitrogens with zero attached hydrogens (tertiary/aromatic N) is 3. The van der Waals surface area contributed by atoms with E-state index in [0.717, 1.165) is 10.5 Å². The van der Waals surface area contributed by atoms with E-state index in [1.807, 2.05) is 42.7 Å².